The zero-order valence-corrected chi connectivity index (χ0v) is 10.3. The summed E-state index contributed by atoms with van der Waals surface area (Å²) in [5, 5.41) is 0. The molecule has 1 aliphatic carbocycles. The predicted molar refractivity (Wildman–Crippen MR) is 60.7 cm³/mol. The van der Waals surface area contributed by atoms with Gasteiger partial charge in [0.25, 0.3) is 0 Å². The zero-order valence-electron chi connectivity index (χ0n) is 10.3. The SMILES string of the molecule is CCC1CC2CC(C)CC(C(=O)OC)=C2O1. The summed E-state index contributed by atoms with van der Waals surface area (Å²) in [4.78, 5) is 11.7. The van der Waals surface area contributed by atoms with Crippen molar-refractivity contribution in [1.82, 2.24) is 0 Å². The summed E-state index contributed by atoms with van der Waals surface area (Å²) in [5.41, 5.74) is 0.780. The van der Waals surface area contributed by atoms with Crippen LogP contribution in [0.5, 0.6) is 0 Å². The molecule has 0 radical (unpaired) electrons. The maximum Gasteiger partial charge on any atom is 0.337 e. The van der Waals surface area contributed by atoms with Crippen molar-refractivity contribution in [2.75, 3.05) is 7.11 Å². The van der Waals surface area contributed by atoms with E-state index in [1.807, 2.05) is 0 Å². The third kappa shape index (κ3) is 1.95. The summed E-state index contributed by atoms with van der Waals surface area (Å²) >= 11 is 0. The quantitative estimate of drug-likeness (QED) is 0.676. The van der Waals surface area contributed by atoms with E-state index < -0.39 is 0 Å². The number of hydrogen-bond donors (Lipinski definition) is 0. The molecule has 0 saturated carbocycles. The summed E-state index contributed by atoms with van der Waals surface area (Å²) in [6.45, 7) is 4.32. The minimum Gasteiger partial charge on any atom is -0.494 e. The van der Waals surface area contributed by atoms with Gasteiger partial charge in [0.2, 0.25) is 0 Å². The lowest BCUT2D eigenvalue weighted by Crippen LogP contribution is -2.20. The van der Waals surface area contributed by atoms with Gasteiger partial charge in [-0.25, -0.2) is 4.79 Å². The highest BCUT2D eigenvalue weighted by Crippen LogP contribution is 2.43. The van der Waals surface area contributed by atoms with Crippen molar-refractivity contribution in [1.29, 1.82) is 0 Å². The minimum absolute atomic E-state index is 0.205. The normalized spacial score (nSPS) is 33.3. The van der Waals surface area contributed by atoms with Gasteiger partial charge in [-0.15, -0.1) is 0 Å². The highest BCUT2D eigenvalue weighted by atomic mass is 16.5. The van der Waals surface area contributed by atoms with Gasteiger partial charge in [0.15, 0.2) is 0 Å². The Balaban J connectivity index is 2.27. The molecule has 3 unspecified atom stereocenters. The van der Waals surface area contributed by atoms with Gasteiger partial charge in [0.1, 0.15) is 5.76 Å². The molecular weight excluding hydrogens is 204 g/mol. The van der Waals surface area contributed by atoms with E-state index in [9.17, 15) is 4.79 Å². The topological polar surface area (TPSA) is 35.5 Å². The van der Waals surface area contributed by atoms with E-state index in [2.05, 4.69) is 13.8 Å². The molecule has 0 aromatic carbocycles. The number of hydrogen-bond acceptors (Lipinski definition) is 3. The Morgan fingerprint density at radius 1 is 1.50 bits per heavy atom. The molecule has 3 atom stereocenters. The Bertz CT molecular complexity index is 319. The molecule has 0 aromatic rings. The third-order valence-electron chi connectivity index (χ3n) is 3.64. The van der Waals surface area contributed by atoms with Crippen LogP contribution in [0.1, 0.15) is 39.5 Å². The lowest BCUT2D eigenvalue weighted by molar-refractivity contribution is -0.136. The Morgan fingerprint density at radius 2 is 2.25 bits per heavy atom. The maximum absolute atomic E-state index is 11.7. The molecule has 0 aromatic heterocycles. The number of allylic oxidation sites excluding steroid dienone is 1. The molecule has 3 nitrogen and oxygen atoms in total. The fourth-order valence-electron chi connectivity index (χ4n) is 2.84. The largest absolute Gasteiger partial charge is 0.494 e. The van der Waals surface area contributed by atoms with Crippen LogP contribution in [0.15, 0.2) is 11.3 Å². The van der Waals surface area contributed by atoms with Crippen LogP contribution in [-0.4, -0.2) is 19.2 Å². The molecule has 0 spiro atoms. The van der Waals surface area contributed by atoms with Crippen LogP contribution in [0.3, 0.4) is 0 Å². The van der Waals surface area contributed by atoms with Crippen LogP contribution < -0.4 is 0 Å². The molecular formula is C13H20O3. The standard InChI is InChI=1S/C13H20O3/c1-4-10-7-9-5-8(2)6-11(12(9)16-10)13(14)15-3/h8-10H,4-7H2,1-3H3. The Morgan fingerprint density at radius 3 is 2.88 bits per heavy atom. The fourth-order valence-corrected chi connectivity index (χ4v) is 2.84. The first-order valence-electron chi connectivity index (χ1n) is 6.13. The minimum atomic E-state index is -0.205. The Hall–Kier alpha value is -0.990. The molecule has 2 aliphatic rings. The molecule has 0 N–H and O–H groups in total. The first-order chi connectivity index (χ1) is 7.65. The van der Waals surface area contributed by atoms with Crippen LogP contribution in [0.2, 0.25) is 0 Å². The second-order valence-corrected chi connectivity index (χ2v) is 4.96. The van der Waals surface area contributed by atoms with Gasteiger partial charge < -0.3 is 9.47 Å². The molecule has 1 heterocycles. The van der Waals surface area contributed by atoms with E-state index in [-0.39, 0.29) is 5.97 Å². The van der Waals surface area contributed by atoms with Gasteiger partial charge in [-0.05, 0) is 31.6 Å². The van der Waals surface area contributed by atoms with E-state index in [0.717, 1.165) is 37.0 Å². The van der Waals surface area contributed by atoms with Crippen LogP contribution >= 0.6 is 0 Å². The van der Waals surface area contributed by atoms with Gasteiger partial charge in [-0.1, -0.05) is 13.8 Å². The number of rotatable bonds is 2. The van der Waals surface area contributed by atoms with E-state index in [4.69, 9.17) is 9.47 Å². The van der Waals surface area contributed by atoms with Crippen molar-refractivity contribution >= 4 is 5.97 Å². The summed E-state index contributed by atoms with van der Waals surface area (Å²) in [6, 6.07) is 0. The van der Waals surface area contributed by atoms with Gasteiger partial charge >= 0.3 is 5.97 Å². The van der Waals surface area contributed by atoms with E-state index >= 15 is 0 Å². The molecule has 0 amide bonds. The molecule has 1 saturated heterocycles. The second kappa shape index (κ2) is 4.48. The van der Waals surface area contributed by atoms with Gasteiger partial charge in [-0.3, -0.25) is 0 Å². The van der Waals surface area contributed by atoms with E-state index in [0.29, 0.717) is 17.9 Å². The van der Waals surface area contributed by atoms with Gasteiger partial charge in [-0.2, -0.15) is 0 Å². The highest BCUT2D eigenvalue weighted by molar-refractivity contribution is 5.89. The smallest absolute Gasteiger partial charge is 0.337 e. The van der Waals surface area contributed by atoms with Crippen LogP contribution in [-0.2, 0) is 14.3 Å². The Kier molecular flexibility index (Phi) is 3.22. The summed E-state index contributed by atoms with van der Waals surface area (Å²) in [7, 11) is 1.44. The monoisotopic (exact) mass is 224 g/mol. The summed E-state index contributed by atoms with van der Waals surface area (Å²) < 4.78 is 10.7. The average molecular weight is 224 g/mol. The molecule has 1 aliphatic heterocycles. The van der Waals surface area contributed by atoms with Gasteiger partial charge in [0, 0.05) is 5.92 Å². The van der Waals surface area contributed by atoms with Crippen LogP contribution in [0.4, 0.5) is 0 Å². The second-order valence-electron chi connectivity index (χ2n) is 4.96. The number of carbonyl (C=O) groups excluding carboxylic acids is 1. The lowest BCUT2D eigenvalue weighted by atomic mass is 9.81. The molecule has 1 fully saturated rings. The van der Waals surface area contributed by atoms with Crippen molar-refractivity contribution in [3.63, 3.8) is 0 Å². The zero-order chi connectivity index (χ0) is 11.7. The van der Waals surface area contributed by atoms with Crippen molar-refractivity contribution < 1.29 is 14.3 Å². The van der Waals surface area contributed by atoms with Crippen molar-refractivity contribution in [3.05, 3.63) is 11.3 Å². The van der Waals surface area contributed by atoms with E-state index in [1.54, 1.807) is 0 Å². The van der Waals surface area contributed by atoms with Crippen molar-refractivity contribution in [2.45, 2.75) is 45.6 Å². The van der Waals surface area contributed by atoms with Crippen LogP contribution in [0, 0.1) is 11.8 Å². The Labute approximate surface area is 96.8 Å². The first-order valence-corrected chi connectivity index (χ1v) is 6.13. The van der Waals surface area contributed by atoms with Crippen molar-refractivity contribution in [2.24, 2.45) is 11.8 Å². The summed E-state index contributed by atoms with van der Waals surface area (Å²) in [6.07, 6.45) is 4.32. The van der Waals surface area contributed by atoms with Crippen molar-refractivity contribution in [3.8, 4) is 0 Å². The molecule has 90 valence electrons. The van der Waals surface area contributed by atoms with E-state index in [1.165, 1.54) is 7.11 Å². The first kappa shape index (κ1) is 11.5. The number of carbonyl (C=O) groups is 1. The highest BCUT2D eigenvalue weighted by Gasteiger charge is 2.39. The maximum atomic E-state index is 11.7. The third-order valence-corrected chi connectivity index (χ3v) is 3.64. The summed E-state index contributed by atoms with van der Waals surface area (Å²) in [5.74, 6) is 1.73. The number of ether oxygens (including phenoxy) is 2. The molecule has 2 rings (SSSR count). The number of methoxy groups -OCH3 is 1. The fraction of sp³-hybridized carbons (Fsp3) is 0.769. The molecule has 16 heavy (non-hydrogen) atoms. The number of fused-ring (bicyclic) bond motifs is 1. The predicted octanol–water partition coefficient (Wildman–Crippen LogP) is 2.66. The van der Waals surface area contributed by atoms with Crippen LogP contribution in [0.25, 0.3) is 0 Å². The average Bonchev–Trinajstić information content (AvgIpc) is 2.69. The number of esters is 1. The molecule has 0 bridgehead atoms. The molecule has 3 heteroatoms. The van der Waals surface area contributed by atoms with Gasteiger partial charge in [0.05, 0.1) is 18.8 Å². The lowest BCUT2D eigenvalue weighted by Gasteiger charge is -2.24.